The normalized spacial score (nSPS) is 32.2. The summed E-state index contributed by atoms with van der Waals surface area (Å²) < 4.78 is 5.19. The van der Waals surface area contributed by atoms with E-state index in [1.165, 1.54) is 19.3 Å². The maximum atomic E-state index is 12.4. The van der Waals surface area contributed by atoms with Crippen LogP contribution in [0.25, 0.3) is 0 Å². The molecule has 2 unspecified atom stereocenters. The molecule has 21 heavy (non-hydrogen) atoms. The quantitative estimate of drug-likeness (QED) is 0.896. The Morgan fingerprint density at radius 2 is 2.05 bits per heavy atom. The van der Waals surface area contributed by atoms with Gasteiger partial charge in [-0.15, -0.1) is 0 Å². The van der Waals surface area contributed by atoms with Gasteiger partial charge in [0.25, 0.3) is 5.91 Å². The third kappa shape index (κ3) is 2.98. The Kier molecular flexibility index (Phi) is 4.02. The zero-order chi connectivity index (χ0) is 15.0. The fourth-order valence-corrected chi connectivity index (χ4v) is 3.92. The van der Waals surface area contributed by atoms with Gasteiger partial charge in [-0.2, -0.15) is 0 Å². The van der Waals surface area contributed by atoms with Gasteiger partial charge in [-0.1, -0.05) is 25.4 Å². The number of carbonyl (C=O) groups excluding carboxylic acids is 1. The van der Waals surface area contributed by atoms with E-state index in [4.69, 9.17) is 10.3 Å². The van der Waals surface area contributed by atoms with Gasteiger partial charge in [0, 0.05) is 18.2 Å². The van der Waals surface area contributed by atoms with Crippen molar-refractivity contribution in [3.63, 3.8) is 0 Å². The second-order valence-corrected chi connectivity index (χ2v) is 6.95. The number of fused-ring (bicyclic) bond motifs is 2. The van der Waals surface area contributed by atoms with Crippen LogP contribution in [0.5, 0.6) is 0 Å². The maximum absolute atomic E-state index is 12.4. The predicted octanol–water partition coefficient (Wildman–Crippen LogP) is 2.43. The van der Waals surface area contributed by atoms with E-state index in [2.05, 4.69) is 10.5 Å². The van der Waals surface area contributed by atoms with Crippen molar-refractivity contribution in [2.45, 2.75) is 64.0 Å². The Hall–Kier alpha value is -1.36. The van der Waals surface area contributed by atoms with Crippen molar-refractivity contribution < 1.29 is 9.32 Å². The van der Waals surface area contributed by atoms with E-state index in [-0.39, 0.29) is 17.9 Å². The topological polar surface area (TPSA) is 81.2 Å². The van der Waals surface area contributed by atoms with Gasteiger partial charge in [-0.05, 0) is 43.4 Å². The third-order valence-corrected chi connectivity index (χ3v) is 5.02. The molecular formula is C16H25N3O2. The lowest BCUT2D eigenvalue weighted by Crippen LogP contribution is -2.53. The molecule has 2 atom stereocenters. The zero-order valence-electron chi connectivity index (χ0n) is 12.8. The van der Waals surface area contributed by atoms with Crippen LogP contribution in [0.1, 0.15) is 68.1 Å². The molecule has 1 amide bonds. The van der Waals surface area contributed by atoms with Crippen molar-refractivity contribution in [3.05, 3.63) is 17.5 Å². The van der Waals surface area contributed by atoms with Gasteiger partial charge >= 0.3 is 0 Å². The summed E-state index contributed by atoms with van der Waals surface area (Å²) >= 11 is 0. The highest BCUT2D eigenvalue weighted by Gasteiger charge is 2.40. The number of aromatic nitrogens is 1. The number of hydrogen-bond acceptors (Lipinski definition) is 4. The molecule has 5 heteroatoms. The van der Waals surface area contributed by atoms with Crippen LogP contribution >= 0.6 is 0 Å². The van der Waals surface area contributed by atoms with Gasteiger partial charge < -0.3 is 15.6 Å². The highest BCUT2D eigenvalue weighted by molar-refractivity contribution is 5.91. The van der Waals surface area contributed by atoms with Gasteiger partial charge in [0.2, 0.25) is 5.76 Å². The van der Waals surface area contributed by atoms with E-state index >= 15 is 0 Å². The summed E-state index contributed by atoms with van der Waals surface area (Å²) in [5, 5.41) is 7.14. The van der Waals surface area contributed by atoms with Gasteiger partial charge in [0.15, 0.2) is 0 Å². The molecule has 116 valence electrons. The Bertz CT molecular complexity index is 497. The lowest BCUT2D eigenvalue weighted by atomic mass is 9.67. The first kappa shape index (κ1) is 14.6. The molecule has 3 rings (SSSR count). The second-order valence-electron chi connectivity index (χ2n) is 6.95. The van der Waals surface area contributed by atoms with Crippen LogP contribution in [0.3, 0.4) is 0 Å². The first-order chi connectivity index (χ1) is 10.0. The highest BCUT2D eigenvalue weighted by Crippen LogP contribution is 2.39. The fraction of sp³-hybridized carbons (Fsp3) is 0.750. The number of hydrogen-bond donors (Lipinski definition) is 2. The SMILES string of the molecule is CC(C)c1cc(C(=O)NC2C3CCCC2CC(N)C3)on1. The van der Waals surface area contributed by atoms with E-state index in [0.717, 1.165) is 18.5 Å². The molecule has 1 aromatic heterocycles. The maximum Gasteiger partial charge on any atom is 0.290 e. The van der Waals surface area contributed by atoms with Crippen molar-refractivity contribution in [1.82, 2.24) is 10.5 Å². The van der Waals surface area contributed by atoms with Crippen LogP contribution in [0, 0.1) is 11.8 Å². The Morgan fingerprint density at radius 3 is 2.62 bits per heavy atom. The summed E-state index contributed by atoms with van der Waals surface area (Å²) in [6, 6.07) is 2.30. The molecule has 0 saturated heterocycles. The molecule has 1 aromatic rings. The predicted molar refractivity (Wildman–Crippen MR) is 79.9 cm³/mol. The van der Waals surface area contributed by atoms with Crippen LogP contribution in [0.2, 0.25) is 0 Å². The van der Waals surface area contributed by atoms with E-state index in [1.54, 1.807) is 6.07 Å². The largest absolute Gasteiger partial charge is 0.351 e. The van der Waals surface area contributed by atoms with Crippen LogP contribution < -0.4 is 11.1 Å². The molecule has 0 radical (unpaired) electrons. The Labute approximate surface area is 125 Å². The molecule has 5 nitrogen and oxygen atoms in total. The van der Waals surface area contributed by atoms with Crippen molar-refractivity contribution in [2.24, 2.45) is 17.6 Å². The Morgan fingerprint density at radius 1 is 1.38 bits per heavy atom. The lowest BCUT2D eigenvalue weighted by molar-refractivity contribution is 0.0724. The summed E-state index contributed by atoms with van der Waals surface area (Å²) in [4.78, 5) is 12.4. The van der Waals surface area contributed by atoms with E-state index in [0.29, 0.717) is 23.6 Å². The van der Waals surface area contributed by atoms with Gasteiger partial charge in [-0.25, -0.2) is 0 Å². The minimum absolute atomic E-state index is 0.133. The summed E-state index contributed by atoms with van der Waals surface area (Å²) in [5.74, 6) is 1.49. The summed E-state index contributed by atoms with van der Waals surface area (Å²) in [7, 11) is 0. The van der Waals surface area contributed by atoms with Gasteiger partial charge in [0.05, 0.1) is 5.69 Å². The molecule has 2 aliphatic carbocycles. The van der Waals surface area contributed by atoms with Crippen molar-refractivity contribution in [3.8, 4) is 0 Å². The molecule has 2 fully saturated rings. The monoisotopic (exact) mass is 291 g/mol. The van der Waals surface area contributed by atoms with E-state index in [9.17, 15) is 4.79 Å². The molecule has 0 aromatic carbocycles. The number of rotatable bonds is 3. The Balaban J connectivity index is 1.69. The molecule has 0 aliphatic heterocycles. The standard InChI is InChI=1S/C16H25N3O2/c1-9(2)13-8-14(21-19-13)16(20)18-15-10-4-3-5-11(15)7-12(17)6-10/h8-12,15H,3-7,17H2,1-2H3,(H,18,20). The smallest absolute Gasteiger partial charge is 0.290 e. The molecule has 0 spiro atoms. The highest BCUT2D eigenvalue weighted by atomic mass is 16.5. The van der Waals surface area contributed by atoms with Crippen LogP contribution in [0.15, 0.2) is 10.6 Å². The van der Waals surface area contributed by atoms with E-state index < -0.39 is 0 Å². The number of nitrogens with zero attached hydrogens (tertiary/aromatic N) is 1. The van der Waals surface area contributed by atoms with Crippen molar-refractivity contribution in [2.75, 3.05) is 0 Å². The molecule has 3 N–H and O–H groups in total. The van der Waals surface area contributed by atoms with Crippen LogP contribution in [-0.4, -0.2) is 23.1 Å². The fourth-order valence-electron chi connectivity index (χ4n) is 3.92. The van der Waals surface area contributed by atoms with Crippen LogP contribution in [0.4, 0.5) is 0 Å². The lowest BCUT2D eigenvalue weighted by Gasteiger charge is -2.45. The first-order valence-electron chi connectivity index (χ1n) is 8.07. The molecular weight excluding hydrogens is 266 g/mol. The summed E-state index contributed by atoms with van der Waals surface area (Å²) in [6.07, 6.45) is 5.64. The first-order valence-corrected chi connectivity index (χ1v) is 8.07. The minimum Gasteiger partial charge on any atom is -0.351 e. The van der Waals surface area contributed by atoms with Crippen molar-refractivity contribution in [1.29, 1.82) is 0 Å². The number of amides is 1. The van der Waals surface area contributed by atoms with E-state index in [1.807, 2.05) is 13.8 Å². The molecule has 2 saturated carbocycles. The number of nitrogens with one attached hydrogen (secondary N) is 1. The minimum atomic E-state index is -0.133. The molecule has 1 heterocycles. The molecule has 2 bridgehead atoms. The number of nitrogens with two attached hydrogens (primary N) is 1. The second kappa shape index (κ2) is 5.79. The molecule has 2 aliphatic rings. The van der Waals surface area contributed by atoms with Gasteiger partial charge in [0.1, 0.15) is 0 Å². The summed E-state index contributed by atoms with van der Waals surface area (Å²) in [6.45, 7) is 4.07. The van der Waals surface area contributed by atoms with Gasteiger partial charge in [-0.3, -0.25) is 4.79 Å². The number of carbonyl (C=O) groups is 1. The zero-order valence-corrected chi connectivity index (χ0v) is 12.8. The average Bonchev–Trinajstić information content (AvgIpc) is 2.89. The summed E-state index contributed by atoms with van der Waals surface area (Å²) in [5.41, 5.74) is 6.95. The average molecular weight is 291 g/mol. The third-order valence-electron chi connectivity index (χ3n) is 5.02. The van der Waals surface area contributed by atoms with Crippen molar-refractivity contribution >= 4 is 5.91 Å². The van der Waals surface area contributed by atoms with Crippen LogP contribution in [-0.2, 0) is 0 Å².